The molecule has 10 heteroatoms. The van der Waals surface area contributed by atoms with Crippen LogP contribution in [0.5, 0.6) is 0 Å². The lowest BCUT2D eigenvalue weighted by Gasteiger charge is -2.29. The molecule has 0 aromatic carbocycles. The molecule has 124 valence electrons. The number of alkyl halides is 3. The molecule has 23 heavy (non-hydrogen) atoms. The SMILES string of the molecule is Cc1cc(C(=O)N2CCC(c3nnc(C(F)(F)F)o3)CC2)no1. The third-order valence-corrected chi connectivity index (χ3v) is 3.66. The predicted octanol–water partition coefficient (Wildman–Crippen LogP) is 2.40. The van der Waals surface area contributed by atoms with E-state index in [1.807, 2.05) is 0 Å². The number of hydrogen-bond acceptors (Lipinski definition) is 6. The lowest BCUT2D eigenvalue weighted by Crippen LogP contribution is -2.38. The van der Waals surface area contributed by atoms with Crippen LogP contribution in [-0.2, 0) is 6.18 Å². The van der Waals surface area contributed by atoms with Crippen LogP contribution in [0.3, 0.4) is 0 Å². The van der Waals surface area contributed by atoms with Crippen molar-refractivity contribution in [2.24, 2.45) is 0 Å². The minimum absolute atomic E-state index is 0.0401. The molecular weight excluding hydrogens is 317 g/mol. The number of aromatic nitrogens is 3. The molecule has 1 fully saturated rings. The number of amides is 1. The van der Waals surface area contributed by atoms with Gasteiger partial charge < -0.3 is 13.8 Å². The summed E-state index contributed by atoms with van der Waals surface area (Å²) in [5.74, 6) is -1.40. The first-order chi connectivity index (χ1) is 10.8. The second-order valence-electron chi connectivity index (χ2n) is 5.33. The van der Waals surface area contributed by atoms with Gasteiger partial charge in [0.2, 0.25) is 5.89 Å². The summed E-state index contributed by atoms with van der Waals surface area (Å²) in [6, 6.07) is 1.54. The number of rotatable bonds is 2. The fourth-order valence-corrected chi connectivity index (χ4v) is 2.47. The summed E-state index contributed by atoms with van der Waals surface area (Å²) in [4.78, 5) is 13.8. The molecule has 0 unspecified atom stereocenters. The van der Waals surface area contributed by atoms with Crippen LogP contribution >= 0.6 is 0 Å². The summed E-state index contributed by atoms with van der Waals surface area (Å²) in [7, 11) is 0. The predicted molar refractivity (Wildman–Crippen MR) is 68.4 cm³/mol. The molecule has 0 saturated carbocycles. The van der Waals surface area contributed by atoms with Crippen LogP contribution in [0.4, 0.5) is 13.2 Å². The number of halogens is 3. The Labute approximate surface area is 128 Å². The van der Waals surface area contributed by atoms with E-state index in [4.69, 9.17) is 8.94 Å². The monoisotopic (exact) mass is 330 g/mol. The molecule has 1 aliphatic rings. The maximum Gasteiger partial charge on any atom is 0.470 e. The van der Waals surface area contributed by atoms with E-state index in [0.717, 1.165) is 0 Å². The van der Waals surface area contributed by atoms with E-state index in [0.29, 0.717) is 31.7 Å². The van der Waals surface area contributed by atoms with Crippen molar-refractivity contribution in [3.05, 3.63) is 29.3 Å². The fraction of sp³-hybridized carbons (Fsp3) is 0.538. The van der Waals surface area contributed by atoms with Crippen LogP contribution in [0, 0.1) is 6.92 Å². The van der Waals surface area contributed by atoms with Crippen LogP contribution in [0.2, 0.25) is 0 Å². The molecule has 3 heterocycles. The third-order valence-electron chi connectivity index (χ3n) is 3.66. The zero-order valence-electron chi connectivity index (χ0n) is 12.1. The van der Waals surface area contributed by atoms with Gasteiger partial charge in [0.25, 0.3) is 5.91 Å². The number of carbonyl (C=O) groups excluding carboxylic acids is 1. The maximum atomic E-state index is 12.5. The van der Waals surface area contributed by atoms with E-state index >= 15 is 0 Å². The zero-order valence-corrected chi connectivity index (χ0v) is 12.1. The fourth-order valence-electron chi connectivity index (χ4n) is 2.47. The smallest absolute Gasteiger partial charge is 0.417 e. The molecule has 0 N–H and O–H groups in total. The number of aryl methyl sites for hydroxylation is 1. The summed E-state index contributed by atoms with van der Waals surface area (Å²) >= 11 is 0. The van der Waals surface area contributed by atoms with Crippen molar-refractivity contribution >= 4 is 5.91 Å². The van der Waals surface area contributed by atoms with Gasteiger partial charge in [0.1, 0.15) is 5.76 Å². The molecule has 1 amide bonds. The Hall–Kier alpha value is -2.39. The van der Waals surface area contributed by atoms with E-state index < -0.39 is 12.1 Å². The summed E-state index contributed by atoms with van der Waals surface area (Å²) in [6.45, 7) is 2.43. The first kappa shape index (κ1) is 15.5. The highest BCUT2D eigenvalue weighted by molar-refractivity contribution is 5.92. The second kappa shape index (κ2) is 5.67. The Balaban J connectivity index is 1.62. The molecule has 0 atom stereocenters. The van der Waals surface area contributed by atoms with Gasteiger partial charge in [-0.25, -0.2) is 0 Å². The quantitative estimate of drug-likeness (QED) is 0.840. The summed E-state index contributed by atoms with van der Waals surface area (Å²) in [6.07, 6.45) is -3.75. The largest absolute Gasteiger partial charge is 0.470 e. The van der Waals surface area contributed by atoms with Gasteiger partial charge in [0, 0.05) is 25.1 Å². The molecule has 0 spiro atoms. The number of likely N-dealkylation sites (tertiary alicyclic amines) is 1. The van der Waals surface area contributed by atoms with Crippen molar-refractivity contribution in [1.29, 1.82) is 0 Å². The zero-order chi connectivity index (χ0) is 16.6. The van der Waals surface area contributed by atoms with Gasteiger partial charge in [-0.15, -0.1) is 10.2 Å². The Morgan fingerprint density at radius 2 is 2.00 bits per heavy atom. The average molecular weight is 330 g/mol. The van der Waals surface area contributed by atoms with Crippen molar-refractivity contribution in [3.63, 3.8) is 0 Å². The number of hydrogen-bond donors (Lipinski definition) is 0. The summed E-state index contributed by atoms with van der Waals surface area (Å²) in [5, 5.41) is 10.2. The molecule has 1 aliphatic heterocycles. The number of carbonyl (C=O) groups is 1. The molecular formula is C13H13F3N4O3. The summed E-state index contributed by atoms with van der Waals surface area (Å²) in [5.41, 5.74) is 0.220. The van der Waals surface area contributed by atoms with E-state index in [1.54, 1.807) is 17.9 Å². The highest BCUT2D eigenvalue weighted by Gasteiger charge is 2.39. The standard InChI is InChI=1S/C13H13F3N4O3/c1-7-6-9(19-23-7)11(21)20-4-2-8(3-5-20)10-17-18-12(22-10)13(14,15)16/h6,8H,2-5H2,1H3. The van der Waals surface area contributed by atoms with Crippen LogP contribution < -0.4 is 0 Å². The highest BCUT2D eigenvalue weighted by Crippen LogP contribution is 2.32. The minimum atomic E-state index is -4.65. The Morgan fingerprint density at radius 3 is 2.52 bits per heavy atom. The van der Waals surface area contributed by atoms with Crippen LogP contribution in [0.15, 0.2) is 15.0 Å². The summed E-state index contributed by atoms with van der Waals surface area (Å²) < 4.78 is 46.9. The Kier molecular flexibility index (Phi) is 3.82. The van der Waals surface area contributed by atoms with Gasteiger partial charge in [0.05, 0.1) is 0 Å². The molecule has 7 nitrogen and oxygen atoms in total. The molecule has 0 radical (unpaired) electrons. The van der Waals surface area contributed by atoms with Gasteiger partial charge in [-0.2, -0.15) is 13.2 Å². The van der Waals surface area contributed by atoms with E-state index in [-0.39, 0.29) is 23.4 Å². The first-order valence-electron chi connectivity index (χ1n) is 6.98. The van der Waals surface area contributed by atoms with Gasteiger partial charge in [-0.3, -0.25) is 4.79 Å². The molecule has 3 rings (SSSR count). The van der Waals surface area contributed by atoms with Gasteiger partial charge in [-0.05, 0) is 19.8 Å². The van der Waals surface area contributed by atoms with Crippen molar-refractivity contribution in [3.8, 4) is 0 Å². The topological polar surface area (TPSA) is 85.3 Å². The highest BCUT2D eigenvalue weighted by atomic mass is 19.4. The van der Waals surface area contributed by atoms with E-state index in [9.17, 15) is 18.0 Å². The minimum Gasteiger partial charge on any atom is -0.417 e. The van der Waals surface area contributed by atoms with Crippen molar-refractivity contribution < 1.29 is 26.9 Å². The van der Waals surface area contributed by atoms with Crippen LogP contribution in [-0.4, -0.2) is 39.3 Å². The van der Waals surface area contributed by atoms with Gasteiger partial charge >= 0.3 is 12.1 Å². The Bertz CT molecular complexity index is 701. The van der Waals surface area contributed by atoms with Crippen LogP contribution in [0.25, 0.3) is 0 Å². The molecule has 1 saturated heterocycles. The second-order valence-corrected chi connectivity index (χ2v) is 5.33. The molecule has 0 aliphatic carbocycles. The first-order valence-corrected chi connectivity index (χ1v) is 6.98. The molecule has 0 bridgehead atoms. The van der Waals surface area contributed by atoms with Crippen LogP contribution in [0.1, 0.15) is 46.8 Å². The van der Waals surface area contributed by atoms with Crippen molar-refractivity contribution in [1.82, 2.24) is 20.3 Å². The van der Waals surface area contributed by atoms with Gasteiger partial charge in [0.15, 0.2) is 5.69 Å². The van der Waals surface area contributed by atoms with Gasteiger partial charge in [-0.1, -0.05) is 5.16 Å². The maximum absolute atomic E-state index is 12.5. The van der Waals surface area contributed by atoms with E-state index in [1.165, 1.54) is 0 Å². The lowest BCUT2D eigenvalue weighted by atomic mass is 9.96. The Morgan fingerprint density at radius 1 is 1.30 bits per heavy atom. The molecule has 2 aromatic heterocycles. The number of piperidine rings is 1. The molecule has 2 aromatic rings. The van der Waals surface area contributed by atoms with Crippen molar-refractivity contribution in [2.75, 3.05) is 13.1 Å². The normalized spacial score (nSPS) is 16.8. The lowest BCUT2D eigenvalue weighted by molar-refractivity contribution is -0.157. The number of nitrogens with zero attached hydrogens (tertiary/aromatic N) is 4. The average Bonchev–Trinajstić information content (AvgIpc) is 3.15. The van der Waals surface area contributed by atoms with Crippen molar-refractivity contribution in [2.45, 2.75) is 31.9 Å². The third kappa shape index (κ3) is 3.20. The van der Waals surface area contributed by atoms with E-state index in [2.05, 4.69) is 15.4 Å².